The van der Waals surface area contributed by atoms with E-state index >= 15 is 0 Å². The zero-order chi connectivity index (χ0) is 15.7. The molecule has 0 bridgehead atoms. The van der Waals surface area contributed by atoms with Crippen LogP contribution in [0, 0.1) is 22.7 Å². The van der Waals surface area contributed by atoms with Crippen molar-refractivity contribution in [1.29, 1.82) is 0 Å². The van der Waals surface area contributed by atoms with E-state index in [1.807, 2.05) is 6.08 Å². The maximum absolute atomic E-state index is 10.9. The van der Waals surface area contributed by atoms with Crippen LogP contribution in [0.3, 0.4) is 0 Å². The van der Waals surface area contributed by atoms with Gasteiger partial charge in [0.25, 0.3) is 0 Å². The van der Waals surface area contributed by atoms with Gasteiger partial charge in [0.15, 0.2) is 0 Å². The summed E-state index contributed by atoms with van der Waals surface area (Å²) in [4.78, 5) is 0. The molecule has 0 aliphatic heterocycles. The molecule has 0 aromatic carbocycles. The van der Waals surface area contributed by atoms with E-state index in [-0.39, 0.29) is 29.1 Å². The lowest BCUT2D eigenvalue weighted by Crippen LogP contribution is -2.51. The van der Waals surface area contributed by atoms with Crippen LogP contribution < -0.4 is 5.73 Å². The molecule has 0 amide bonds. The fraction of sp³-hybridized carbons (Fsp3) is 0.684. The largest absolute Gasteiger partial charge is 0.389 e. The Morgan fingerprint density at radius 2 is 1.95 bits per heavy atom. The summed E-state index contributed by atoms with van der Waals surface area (Å²) in [5.74, 6) is 0.739. The summed E-state index contributed by atoms with van der Waals surface area (Å²) < 4.78 is 0. The normalized spacial score (nSPS) is 53.2. The van der Waals surface area contributed by atoms with Crippen LogP contribution >= 0.6 is 0 Å². The van der Waals surface area contributed by atoms with Gasteiger partial charge in [-0.05, 0) is 54.1 Å². The first kappa shape index (κ1) is 14.7. The van der Waals surface area contributed by atoms with Crippen LogP contribution in [0.1, 0.15) is 39.5 Å². The summed E-state index contributed by atoms with van der Waals surface area (Å²) in [7, 11) is 0. The Bertz CT molecular complexity index is 592. The van der Waals surface area contributed by atoms with E-state index in [1.165, 1.54) is 11.1 Å². The summed E-state index contributed by atoms with van der Waals surface area (Å²) in [6.07, 6.45) is 11.4. The Morgan fingerprint density at radius 1 is 1.18 bits per heavy atom. The molecule has 1 fully saturated rings. The molecule has 3 nitrogen and oxygen atoms in total. The minimum atomic E-state index is -0.383. The third-order valence-corrected chi connectivity index (χ3v) is 7.16. The molecular formula is C19H27NO2. The number of hydrogen-bond acceptors (Lipinski definition) is 3. The Labute approximate surface area is 132 Å². The summed E-state index contributed by atoms with van der Waals surface area (Å²) in [6, 6.07) is 0.0670. The van der Waals surface area contributed by atoms with E-state index in [0.29, 0.717) is 11.8 Å². The average Bonchev–Trinajstić information content (AvgIpc) is 2.77. The molecular weight excluding hydrogens is 274 g/mol. The van der Waals surface area contributed by atoms with Crippen LogP contribution in [0.2, 0.25) is 0 Å². The van der Waals surface area contributed by atoms with Crippen molar-refractivity contribution in [1.82, 2.24) is 0 Å². The molecule has 0 heterocycles. The number of aliphatic hydroxyl groups excluding tert-OH is 2. The van der Waals surface area contributed by atoms with Crippen molar-refractivity contribution in [3.63, 3.8) is 0 Å². The molecule has 1 unspecified atom stereocenters. The molecule has 4 rings (SSSR count). The van der Waals surface area contributed by atoms with Crippen molar-refractivity contribution < 1.29 is 10.2 Å². The van der Waals surface area contributed by atoms with Crippen LogP contribution in [0.4, 0.5) is 0 Å². The molecule has 0 aromatic rings. The SMILES string of the molecule is C[C@]12CC[C@H]3C(=C1C=C[C@@H]2N)[C@@H](O)CC1C[C@@H](O)C=C[C@@]13C. The van der Waals surface area contributed by atoms with Gasteiger partial charge in [0.2, 0.25) is 0 Å². The van der Waals surface area contributed by atoms with E-state index in [0.717, 1.165) is 25.7 Å². The first-order valence-electron chi connectivity index (χ1n) is 8.60. The maximum Gasteiger partial charge on any atom is 0.0762 e. The van der Waals surface area contributed by atoms with Crippen molar-refractivity contribution in [2.45, 2.75) is 57.8 Å². The standard InChI is InChI=1S/C19H27NO2/c1-18-7-5-12(21)9-11(18)10-15(22)17-13-3-4-16(20)19(13,2)8-6-14(17)18/h3-5,7,11-12,14-16,21-22H,6,8-10,20H2,1-2H3/t11?,12-,14-,15-,16-,18-,19-/m0/s1. The molecule has 4 N–H and O–H groups in total. The predicted molar refractivity (Wildman–Crippen MR) is 87.0 cm³/mol. The van der Waals surface area contributed by atoms with Crippen molar-refractivity contribution in [2.75, 3.05) is 0 Å². The molecule has 1 saturated carbocycles. The zero-order valence-electron chi connectivity index (χ0n) is 13.5. The minimum Gasteiger partial charge on any atom is -0.389 e. The highest BCUT2D eigenvalue weighted by molar-refractivity contribution is 5.47. The number of rotatable bonds is 0. The van der Waals surface area contributed by atoms with Crippen molar-refractivity contribution in [2.24, 2.45) is 28.4 Å². The molecule has 0 aromatic heterocycles. The number of aliphatic hydroxyl groups is 2. The third kappa shape index (κ3) is 1.73. The molecule has 4 aliphatic rings. The number of hydrogen-bond donors (Lipinski definition) is 3. The van der Waals surface area contributed by atoms with Gasteiger partial charge in [-0.2, -0.15) is 0 Å². The number of fused-ring (bicyclic) bond motifs is 4. The van der Waals surface area contributed by atoms with Crippen LogP contribution in [-0.4, -0.2) is 28.5 Å². The molecule has 0 radical (unpaired) electrons. The maximum atomic E-state index is 10.9. The summed E-state index contributed by atoms with van der Waals surface area (Å²) >= 11 is 0. The molecule has 0 spiro atoms. The minimum absolute atomic E-state index is 0.00605. The lowest BCUT2D eigenvalue weighted by atomic mass is 9.50. The van der Waals surface area contributed by atoms with E-state index in [1.54, 1.807) is 0 Å². The highest BCUT2D eigenvalue weighted by atomic mass is 16.3. The number of nitrogens with two attached hydrogens (primary N) is 1. The Kier molecular flexibility index (Phi) is 3.04. The van der Waals surface area contributed by atoms with Crippen molar-refractivity contribution in [3.8, 4) is 0 Å². The van der Waals surface area contributed by atoms with Gasteiger partial charge in [0.05, 0.1) is 12.2 Å². The summed E-state index contributed by atoms with van der Waals surface area (Å²) in [5.41, 5.74) is 8.90. The first-order chi connectivity index (χ1) is 10.4. The second kappa shape index (κ2) is 4.56. The Hall–Kier alpha value is -0.900. The van der Waals surface area contributed by atoms with Gasteiger partial charge in [-0.25, -0.2) is 0 Å². The third-order valence-electron chi connectivity index (χ3n) is 7.16. The van der Waals surface area contributed by atoms with Crippen LogP contribution in [-0.2, 0) is 0 Å². The molecule has 0 saturated heterocycles. The second-order valence-corrected chi connectivity index (χ2v) is 8.24. The molecule has 22 heavy (non-hydrogen) atoms. The van der Waals surface area contributed by atoms with Crippen LogP contribution in [0.25, 0.3) is 0 Å². The highest BCUT2D eigenvalue weighted by Crippen LogP contribution is 2.60. The quantitative estimate of drug-likeness (QED) is 0.602. The van der Waals surface area contributed by atoms with Crippen LogP contribution in [0.15, 0.2) is 35.5 Å². The Balaban J connectivity index is 1.84. The topological polar surface area (TPSA) is 66.5 Å². The van der Waals surface area contributed by atoms with E-state index in [2.05, 4.69) is 32.1 Å². The Morgan fingerprint density at radius 3 is 2.73 bits per heavy atom. The lowest BCUT2D eigenvalue weighted by Gasteiger charge is -2.55. The fourth-order valence-corrected chi connectivity index (χ4v) is 5.58. The van der Waals surface area contributed by atoms with E-state index in [9.17, 15) is 10.2 Å². The van der Waals surface area contributed by atoms with Crippen molar-refractivity contribution in [3.05, 3.63) is 35.5 Å². The zero-order valence-corrected chi connectivity index (χ0v) is 13.5. The van der Waals surface area contributed by atoms with Gasteiger partial charge in [0, 0.05) is 11.5 Å². The van der Waals surface area contributed by atoms with Gasteiger partial charge in [-0.1, -0.05) is 38.2 Å². The van der Waals surface area contributed by atoms with Gasteiger partial charge >= 0.3 is 0 Å². The van der Waals surface area contributed by atoms with E-state index < -0.39 is 0 Å². The van der Waals surface area contributed by atoms with Gasteiger partial charge < -0.3 is 15.9 Å². The summed E-state index contributed by atoms with van der Waals surface area (Å²) in [6.45, 7) is 4.57. The van der Waals surface area contributed by atoms with Gasteiger partial charge in [-0.3, -0.25) is 0 Å². The predicted octanol–water partition coefficient (Wildman–Crippen LogP) is 2.30. The molecule has 120 valence electrons. The lowest BCUT2D eigenvalue weighted by molar-refractivity contribution is -0.000497. The monoisotopic (exact) mass is 301 g/mol. The smallest absolute Gasteiger partial charge is 0.0762 e. The number of allylic oxidation sites excluding steroid dienone is 2. The highest BCUT2D eigenvalue weighted by Gasteiger charge is 2.54. The molecule has 3 heteroatoms. The fourth-order valence-electron chi connectivity index (χ4n) is 5.58. The molecule has 7 atom stereocenters. The van der Waals surface area contributed by atoms with E-state index in [4.69, 9.17) is 5.73 Å². The van der Waals surface area contributed by atoms with Crippen LogP contribution in [0.5, 0.6) is 0 Å². The summed E-state index contributed by atoms with van der Waals surface area (Å²) in [5, 5.41) is 20.8. The average molecular weight is 301 g/mol. The van der Waals surface area contributed by atoms with Gasteiger partial charge in [-0.15, -0.1) is 0 Å². The second-order valence-electron chi connectivity index (χ2n) is 8.24. The van der Waals surface area contributed by atoms with Gasteiger partial charge in [0.1, 0.15) is 0 Å². The van der Waals surface area contributed by atoms with Crippen molar-refractivity contribution >= 4 is 0 Å². The molecule has 4 aliphatic carbocycles. The first-order valence-corrected chi connectivity index (χ1v) is 8.60.